The van der Waals surface area contributed by atoms with E-state index in [4.69, 9.17) is 9.15 Å². The summed E-state index contributed by atoms with van der Waals surface area (Å²) in [6, 6.07) is 8.25. The lowest BCUT2D eigenvalue weighted by Crippen LogP contribution is -2.32. The Morgan fingerprint density at radius 1 is 1.33 bits per heavy atom. The van der Waals surface area contributed by atoms with Crippen molar-refractivity contribution < 1.29 is 9.15 Å². The zero-order valence-electron chi connectivity index (χ0n) is 13.7. The molecule has 0 spiro atoms. The van der Waals surface area contributed by atoms with E-state index in [9.17, 15) is 0 Å². The van der Waals surface area contributed by atoms with Crippen LogP contribution in [0.4, 0.5) is 0 Å². The molecule has 0 amide bonds. The highest BCUT2D eigenvalue weighted by Crippen LogP contribution is 2.19. The van der Waals surface area contributed by atoms with E-state index in [2.05, 4.69) is 38.2 Å². The molecule has 0 saturated heterocycles. The minimum atomic E-state index is 0.135. The van der Waals surface area contributed by atoms with Crippen LogP contribution >= 0.6 is 11.3 Å². The van der Waals surface area contributed by atoms with Crippen LogP contribution in [0, 0.1) is 6.92 Å². The standard InChI is InChI=1S/C18H21N3O2S/c1-14-19-15(13-24-14)12-23-18-10-20(9-17-5-3-7-22-17)8-16-4-2-6-21(16)11-18/h2-7,13,18H,8-12H2,1H3/t18-/m0/s1. The van der Waals surface area contributed by atoms with Crippen molar-refractivity contribution in [2.45, 2.75) is 39.3 Å². The quantitative estimate of drug-likeness (QED) is 0.712. The molecule has 0 aliphatic carbocycles. The second kappa shape index (κ2) is 6.93. The van der Waals surface area contributed by atoms with Gasteiger partial charge in [-0.1, -0.05) is 0 Å². The van der Waals surface area contributed by atoms with Gasteiger partial charge in [-0.25, -0.2) is 4.98 Å². The maximum Gasteiger partial charge on any atom is 0.117 e. The number of furan rings is 1. The maximum atomic E-state index is 6.19. The first kappa shape index (κ1) is 15.6. The van der Waals surface area contributed by atoms with Crippen molar-refractivity contribution in [2.75, 3.05) is 6.54 Å². The normalized spacial score (nSPS) is 18.5. The van der Waals surface area contributed by atoms with Crippen LogP contribution in [0.5, 0.6) is 0 Å². The number of thiazole rings is 1. The van der Waals surface area contributed by atoms with Gasteiger partial charge in [-0.3, -0.25) is 4.90 Å². The predicted molar refractivity (Wildman–Crippen MR) is 92.7 cm³/mol. The summed E-state index contributed by atoms with van der Waals surface area (Å²) >= 11 is 1.67. The minimum absolute atomic E-state index is 0.135. The summed E-state index contributed by atoms with van der Waals surface area (Å²) in [5.41, 5.74) is 2.34. The molecule has 0 unspecified atom stereocenters. The lowest BCUT2D eigenvalue weighted by molar-refractivity contribution is 0.00637. The predicted octanol–water partition coefficient (Wildman–Crippen LogP) is 3.45. The Balaban J connectivity index is 1.46. The van der Waals surface area contributed by atoms with Gasteiger partial charge >= 0.3 is 0 Å². The molecule has 1 atom stereocenters. The summed E-state index contributed by atoms with van der Waals surface area (Å²) in [4.78, 5) is 6.87. The third kappa shape index (κ3) is 3.61. The number of nitrogens with zero attached hydrogens (tertiary/aromatic N) is 3. The Labute approximate surface area is 145 Å². The van der Waals surface area contributed by atoms with Crippen LogP contribution in [-0.4, -0.2) is 27.1 Å². The first-order chi connectivity index (χ1) is 11.8. The highest BCUT2D eigenvalue weighted by atomic mass is 32.1. The number of aromatic nitrogens is 2. The highest BCUT2D eigenvalue weighted by Gasteiger charge is 2.23. The van der Waals surface area contributed by atoms with E-state index in [1.807, 2.05) is 19.1 Å². The van der Waals surface area contributed by atoms with Crippen LogP contribution in [0.2, 0.25) is 0 Å². The fraction of sp³-hybridized carbons (Fsp3) is 0.389. The van der Waals surface area contributed by atoms with Crippen LogP contribution in [0.3, 0.4) is 0 Å². The summed E-state index contributed by atoms with van der Waals surface area (Å²) < 4.78 is 14.0. The van der Waals surface area contributed by atoms with Gasteiger partial charge in [0.25, 0.3) is 0 Å². The Morgan fingerprint density at radius 2 is 2.29 bits per heavy atom. The van der Waals surface area contributed by atoms with E-state index in [1.54, 1.807) is 17.6 Å². The van der Waals surface area contributed by atoms with Gasteiger partial charge in [0, 0.05) is 36.9 Å². The van der Waals surface area contributed by atoms with Crippen LogP contribution in [0.15, 0.2) is 46.5 Å². The van der Waals surface area contributed by atoms with Gasteiger partial charge in [-0.05, 0) is 31.2 Å². The minimum Gasteiger partial charge on any atom is -0.468 e. The molecule has 0 fully saturated rings. The number of rotatable bonds is 5. The Bertz CT molecular complexity index is 778. The summed E-state index contributed by atoms with van der Waals surface area (Å²) in [5.74, 6) is 0.990. The first-order valence-electron chi connectivity index (χ1n) is 8.17. The van der Waals surface area contributed by atoms with Crippen molar-refractivity contribution in [2.24, 2.45) is 0 Å². The van der Waals surface area contributed by atoms with Crippen LogP contribution < -0.4 is 0 Å². The molecule has 24 heavy (non-hydrogen) atoms. The van der Waals surface area contributed by atoms with Crippen molar-refractivity contribution >= 4 is 11.3 Å². The molecule has 1 aliphatic rings. The summed E-state index contributed by atoms with van der Waals surface area (Å²) in [5, 5.41) is 3.16. The van der Waals surface area contributed by atoms with E-state index < -0.39 is 0 Å². The van der Waals surface area contributed by atoms with Gasteiger partial charge in [0.05, 0.1) is 36.2 Å². The van der Waals surface area contributed by atoms with Gasteiger partial charge < -0.3 is 13.7 Å². The molecule has 126 valence electrons. The average Bonchev–Trinajstić information content (AvgIpc) is 3.28. The number of ether oxygens (including phenoxy) is 1. The third-order valence-electron chi connectivity index (χ3n) is 4.26. The summed E-state index contributed by atoms with van der Waals surface area (Å²) in [6.45, 7) is 6.06. The van der Waals surface area contributed by atoms with Crippen LogP contribution in [0.1, 0.15) is 22.2 Å². The maximum absolute atomic E-state index is 6.19. The number of fused-ring (bicyclic) bond motifs is 1. The largest absolute Gasteiger partial charge is 0.468 e. The highest BCUT2D eigenvalue weighted by molar-refractivity contribution is 7.09. The molecule has 6 heteroatoms. The molecule has 3 aromatic rings. The Hall–Kier alpha value is -1.89. The number of hydrogen-bond donors (Lipinski definition) is 0. The fourth-order valence-corrected chi connectivity index (χ4v) is 3.75. The van der Waals surface area contributed by atoms with Crippen molar-refractivity contribution in [1.29, 1.82) is 0 Å². The molecule has 0 bridgehead atoms. The van der Waals surface area contributed by atoms with Gasteiger partial charge in [0.1, 0.15) is 5.76 Å². The molecule has 1 aliphatic heterocycles. The molecular weight excluding hydrogens is 322 g/mol. The average molecular weight is 343 g/mol. The molecular formula is C18H21N3O2S. The molecule has 0 aromatic carbocycles. The monoisotopic (exact) mass is 343 g/mol. The lowest BCUT2D eigenvalue weighted by Gasteiger charge is -2.23. The fourth-order valence-electron chi connectivity index (χ4n) is 3.16. The summed E-state index contributed by atoms with van der Waals surface area (Å²) in [7, 11) is 0. The second-order valence-corrected chi connectivity index (χ2v) is 7.25. The number of hydrogen-bond acceptors (Lipinski definition) is 5. The zero-order chi connectivity index (χ0) is 16.4. The Morgan fingerprint density at radius 3 is 3.08 bits per heavy atom. The first-order valence-corrected chi connectivity index (χ1v) is 9.05. The smallest absolute Gasteiger partial charge is 0.117 e. The van der Waals surface area contributed by atoms with Crippen molar-refractivity contribution in [1.82, 2.24) is 14.5 Å². The summed E-state index contributed by atoms with van der Waals surface area (Å²) in [6.07, 6.45) is 4.00. The SMILES string of the molecule is Cc1nc(CO[C@H]2CN(Cc3ccco3)Cc3cccn3C2)cs1. The second-order valence-electron chi connectivity index (χ2n) is 6.19. The lowest BCUT2D eigenvalue weighted by atomic mass is 10.3. The molecule has 5 nitrogen and oxygen atoms in total. The number of aryl methyl sites for hydroxylation is 1. The molecule has 4 heterocycles. The van der Waals surface area contributed by atoms with E-state index in [1.165, 1.54) is 5.69 Å². The molecule has 3 aromatic heterocycles. The zero-order valence-corrected chi connectivity index (χ0v) is 14.5. The van der Waals surface area contributed by atoms with Crippen molar-refractivity contribution in [3.05, 3.63) is 64.3 Å². The van der Waals surface area contributed by atoms with E-state index in [0.717, 1.165) is 42.6 Å². The van der Waals surface area contributed by atoms with Crippen LogP contribution in [0.25, 0.3) is 0 Å². The third-order valence-corrected chi connectivity index (χ3v) is 5.09. The van der Waals surface area contributed by atoms with E-state index in [0.29, 0.717) is 6.61 Å². The molecule has 4 rings (SSSR count). The van der Waals surface area contributed by atoms with Gasteiger partial charge in [0.15, 0.2) is 0 Å². The van der Waals surface area contributed by atoms with Crippen molar-refractivity contribution in [3.63, 3.8) is 0 Å². The molecule has 0 saturated carbocycles. The molecule has 0 radical (unpaired) electrons. The van der Waals surface area contributed by atoms with Gasteiger partial charge in [0.2, 0.25) is 0 Å². The molecule has 0 N–H and O–H groups in total. The van der Waals surface area contributed by atoms with Gasteiger partial charge in [-0.2, -0.15) is 0 Å². The Kier molecular flexibility index (Phi) is 4.51. The van der Waals surface area contributed by atoms with Gasteiger partial charge in [-0.15, -0.1) is 11.3 Å². The van der Waals surface area contributed by atoms with Crippen molar-refractivity contribution in [3.8, 4) is 0 Å². The topological polar surface area (TPSA) is 43.4 Å². The van der Waals surface area contributed by atoms with Crippen LogP contribution in [-0.2, 0) is 31.0 Å². The van der Waals surface area contributed by atoms with E-state index in [-0.39, 0.29) is 6.10 Å². The van der Waals surface area contributed by atoms with E-state index >= 15 is 0 Å².